The molecule has 0 radical (unpaired) electrons. The first-order valence-electron chi connectivity index (χ1n) is 0. The van der Waals surface area contributed by atoms with E-state index in [4.69, 9.17) is 0 Å². The van der Waals surface area contributed by atoms with Crippen molar-refractivity contribution in [3.05, 3.63) is 0 Å². The molecule has 9 heteroatoms. The Morgan fingerprint density at radius 2 is 0.556 bits per heavy atom. The number of hydrogen-bond donors (Lipinski definition) is 1. The molecule has 0 bridgehead atoms. The summed E-state index contributed by atoms with van der Waals surface area (Å²) in [5.74, 6) is 0. The molecule has 0 aliphatic carbocycles. The third kappa shape index (κ3) is 860. The molecule has 0 atom stereocenters. The van der Waals surface area contributed by atoms with Crippen molar-refractivity contribution in [3.63, 3.8) is 0 Å². The van der Waals surface area contributed by atoms with E-state index in [1.807, 2.05) is 0 Å². The van der Waals surface area contributed by atoms with Crippen LogP contribution in [-0.2, 0) is 0 Å². The van der Waals surface area contributed by atoms with Crippen molar-refractivity contribution >= 4 is 17.4 Å². The van der Waals surface area contributed by atoms with E-state index in [1.165, 1.54) is 0 Å². The van der Waals surface area contributed by atoms with Crippen molar-refractivity contribution in [1.29, 1.82) is 0 Å². The Kier molecular flexibility index (Phi) is 205000. The second-order valence-electron chi connectivity index (χ2n) is 0. The van der Waals surface area contributed by atoms with Crippen molar-refractivity contribution in [3.8, 4) is 0 Å². The van der Waals surface area contributed by atoms with Crippen LogP contribution in [0.4, 0.5) is 9.41 Å². The average Bonchev–Trinajstić information content (AvgIpc) is 0. The van der Waals surface area contributed by atoms with Crippen molar-refractivity contribution in [1.82, 2.24) is 6.15 Å². The maximum absolute atomic E-state index is 0. The fourth-order valence-corrected chi connectivity index (χ4v) is 0. The quantitative estimate of drug-likeness (QED) is 0.282. The summed E-state index contributed by atoms with van der Waals surface area (Å²) in [5.41, 5.74) is 0. The van der Waals surface area contributed by atoms with Crippen LogP contribution >= 0.6 is 0 Å². The molecule has 0 fully saturated rings. The molecule has 0 aromatic rings. The van der Waals surface area contributed by atoms with Gasteiger partial charge in [0, 0.05) is 0 Å². The van der Waals surface area contributed by atoms with Gasteiger partial charge in [-0.15, -0.1) is 0 Å². The van der Waals surface area contributed by atoms with Crippen LogP contribution in [0, 0.1) is 0 Å². The third-order valence-electron chi connectivity index (χ3n) is 0. The van der Waals surface area contributed by atoms with Gasteiger partial charge in [-0.3, -0.25) is 9.41 Å². The van der Waals surface area contributed by atoms with Crippen LogP contribution in [0.15, 0.2) is 0 Å². The van der Waals surface area contributed by atoms with Gasteiger partial charge in [0.15, 0.2) is 0 Å². The first-order valence-corrected chi connectivity index (χ1v) is 0. The molecule has 0 heterocycles. The van der Waals surface area contributed by atoms with Gasteiger partial charge >= 0.3 is 36.2 Å². The molecule has 56 valence electrons. The van der Waals surface area contributed by atoms with Gasteiger partial charge in [-0.05, 0) is 0 Å². The van der Waals surface area contributed by atoms with Crippen LogP contribution in [-0.4, -0.2) is 17.4 Å². The van der Waals surface area contributed by atoms with E-state index in [0.29, 0.717) is 0 Å². The smallest absolute Gasteiger partial charge is 1.00 e. The minimum Gasteiger partial charge on any atom is -1.00 e. The van der Waals surface area contributed by atoms with Gasteiger partial charge in [-0.25, -0.2) is 0 Å². The number of hydrogen-bond acceptors (Lipinski definition) is 1. The van der Waals surface area contributed by atoms with Crippen molar-refractivity contribution in [2.24, 2.45) is 0 Å². The summed E-state index contributed by atoms with van der Waals surface area (Å²) < 4.78 is 0. The van der Waals surface area contributed by atoms with Crippen LogP contribution in [0.3, 0.4) is 0 Å². The molecular weight excluding hydrogens is 162 g/mol. The Labute approximate surface area is 71.0 Å². The molecular formula is H5AlF6LiN. The topological polar surface area (TPSA) is 35.0 Å². The zero-order valence-corrected chi connectivity index (χ0v) is 5.77. The molecule has 1 nitrogen and oxygen atoms in total. The number of rotatable bonds is 0. The summed E-state index contributed by atoms with van der Waals surface area (Å²) in [5, 5.41) is 0. The van der Waals surface area contributed by atoms with E-state index in [9.17, 15) is 0 Å². The third-order valence-corrected chi connectivity index (χ3v) is 0. The standard InChI is InChI=1S/Al.6FH.Li.H3N/h;6*1H;;1H3/q+3;;;;;;;+1;/p-4. The van der Waals surface area contributed by atoms with Crippen molar-refractivity contribution in [2.45, 2.75) is 0 Å². The zero-order valence-electron chi connectivity index (χ0n) is 4.61. The van der Waals surface area contributed by atoms with Gasteiger partial charge in [0.05, 0.1) is 0 Å². The van der Waals surface area contributed by atoms with E-state index in [2.05, 4.69) is 0 Å². The number of halogens is 6. The summed E-state index contributed by atoms with van der Waals surface area (Å²) in [6.07, 6.45) is 0. The first kappa shape index (κ1) is 1620. The van der Waals surface area contributed by atoms with E-state index in [-0.39, 0.29) is 70.6 Å². The zero-order chi connectivity index (χ0) is 0. The second-order valence-corrected chi connectivity index (χ2v) is 0. The van der Waals surface area contributed by atoms with E-state index in [1.54, 1.807) is 0 Å². The summed E-state index contributed by atoms with van der Waals surface area (Å²) in [6, 6.07) is 0. The Hall–Kier alpha value is 0.670. The molecule has 0 aromatic carbocycles. The van der Waals surface area contributed by atoms with Crippen LogP contribution in [0.25, 0.3) is 0 Å². The predicted molar refractivity (Wildman–Crippen MR) is 15.8 cm³/mol. The molecule has 0 aromatic heterocycles. The molecule has 0 saturated carbocycles. The average molecular weight is 167 g/mol. The van der Waals surface area contributed by atoms with Gasteiger partial charge in [0.2, 0.25) is 0 Å². The molecule has 0 aliphatic rings. The summed E-state index contributed by atoms with van der Waals surface area (Å²) >= 11 is 0. The fraction of sp³-hybridized carbons (Fsp3) is 0. The van der Waals surface area contributed by atoms with Crippen LogP contribution in [0.1, 0.15) is 0 Å². The maximum Gasteiger partial charge on any atom is 3.00 e. The largest absolute Gasteiger partial charge is 3.00 e. The molecule has 0 aliphatic heterocycles. The molecule has 0 spiro atoms. The minimum atomic E-state index is 0. The Morgan fingerprint density at radius 3 is 0.556 bits per heavy atom. The van der Waals surface area contributed by atoms with Crippen LogP contribution in [0.5, 0.6) is 0 Å². The van der Waals surface area contributed by atoms with Gasteiger partial charge in [-0.1, -0.05) is 0 Å². The molecule has 3 N–H and O–H groups in total. The van der Waals surface area contributed by atoms with Crippen molar-refractivity contribution in [2.75, 3.05) is 0 Å². The monoisotopic (exact) mass is 167 g/mol. The van der Waals surface area contributed by atoms with E-state index in [0.717, 1.165) is 0 Å². The Balaban J connectivity index is 0. The maximum atomic E-state index is 0. The normalized spacial score (nSPS) is 0. The minimum absolute atomic E-state index is 0. The predicted octanol–water partition coefficient (Wildman–Crippen LogP) is -14.9. The van der Waals surface area contributed by atoms with Gasteiger partial charge in [0.25, 0.3) is 0 Å². The van der Waals surface area contributed by atoms with Gasteiger partial charge in [0.1, 0.15) is 0 Å². The van der Waals surface area contributed by atoms with Gasteiger partial charge < -0.3 is 25.0 Å². The fourth-order valence-electron chi connectivity index (χ4n) is 0. The van der Waals surface area contributed by atoms with Crippen LogP contribution < -0.4 is 43.8 Å². The summed E-state index contributed by atoms with van der Waals surface area (Å²) in [4.78, 5) is 0. The Morgan fingerprint density at radius 1 is 0.556 bits per heavy atom. The summed E-state index contributed by atoms with van der Waals surface area (Å²) in [6.45, 7) is 0. The Bertz CT molecular complexity index is 13.0. The van der Waals surface area contributed by atoms with Crippen molar-refractivity contribution < 1.29 is 47.1 Å². The SMILES string of the molecule is F.F.N.[Al+3].[F-].[F-].[F-].[F-].[Li+]. The second kappa shape index (κ2) is 1140. The summed E-state index contributed by atoms with van der Waals surface area (Å²) in [7, 11) is 0. The van der Waals surface area contributed by atoms with E-state index < -0.39 is 0 Å². The molecule has 0 unspecified atom stereocenters. The van der Waals surface area contributed by atoms with E-state index >= 15 is 0 Å². The molecule has 0 rings (SSSR count). The molecule has 0 saturated heterocycles. The van der Waals surface area contributed by atoms with Gasteiger partial charge in [-0.2, -0.15) is 0 Å². The first-order chi connectivity index (χ1) is 0. The molecule has 9 heavy (non-hydrogen) atoms. The molecule has 0 amide bonds. The van der Waals surface area contributed by atoms with Crippen LogP contribution in [0.2, 0.25) is 0 Å².